The van der Waals surface area contributed by atoms with Gasteiger partial charge in [0.15, 0.2) is 0 Å². The average molecular weight is 505 g/mol. The molecule has 2 aliphatic rings. The molecule has 0 radical (unpaired) electrons. The zero-order valence-corrected chi connectivity index (χ0v) is 25.1. The van der Waals surface area contributed by atoms with Crippen molar-refractivity contribution in [2.75, 3.05) is 0 Å². The molecule has 1 nitrogen and oxygen atoms in total. The second kappa shape index (κ2) is 7.74. The Morgan fingerprint density at radius 1 is 0.833 bits per heavy atom. The number of halogens is 2. The molecule has 5 heteroatoms. The van der Waals surface area contributed by atoms with E-state index in [9.17, 15) is 0 Å². The summed E-state index contributed by atoms with van der Waals surface area (Å²) in [5, 5.41) is 4.54. The van der Waals surface area contributed by atoms with Crippen LogP contribution in [0.3, 0.4) is 0 Å². The van der Waals surface area contributed by atoms with Crippen molar-refractivity contribution in [3.8, 4) is 0 Å². The summed E-state index contributed by atoms with van der Waals surface area (Å²) in [4.78, 5) is 0. The van der Waals surface area contributed by atoms with Crippen molar-refractivity contribution in [2.45, 2.75) is 105 Å². The number of allylic oxidation sites excluding steroid dienone is 2. The van der Waals surface area contributed by atoms with Crippen LogP contribution in [0.5, 0.6) is 0 Å². The van der Waals surface area contributed by atoms with Crippen LogP contribution in [0.2, 0.25) is 10.5 Å². The summed E-state index contributed by atoms with van der Waals surface area (Å²) in [6.45, 7) is 4.51. The van der Waals surface area contributed by atoms with Crippen LogP contribution in [0.1, 0.15) is 99.8 Å². The molecule has 1 saturated carbocycles. The van der Waals surface area contributed by atoms with Gasteiger partial charge in [0.2, 0.25) is 0 Å². The fourth-order valence-corrected chi connectivity index (χ4v) is 24.1. The van der Waals surface area contributed by atoms with Gasteiger partial charge in [-0.15, -0.1) is 0 Å². The maximum atomic E-state index is 8.02. The van der Waals surface area contributed by atoms with E-state index in [1.807, 2.05) is 0 Å². The summed E-state index contributed by atoms with van der Waals surface area (Å²) < 4.78 is 4.25. The molecule has 0 bridgehead atoms. The Balaban J connectivity index is 1.95. The van der Waals surface area contributed by atoms with Crippen LogP contribution in [0.25, 0.3) is 5.57 Å². The Labute approximate surface area is 191 Å². The number of hydrogen-bond acceptors (Lipinski definition) is 1. The summed E-state index contributed by atoms with van der Waals surface area (Å²) in [5.74, 6) is 0. The van der Waals surface area contributed by atoms with Crippen molar-refractivity contribution in [1.82, 2.24) is 3.80 Å². The van der Waals surface area contributed by atoms with Crippen LogP contribution in [0.15, 0.2) is 29.8 Å². The standard InChI is InChI=1S/C12H24N.C11H11.2CH3.2ClH.H3Si.Ti/c13-12-10-8-6-4-2-1-3-5-7-9-11-12;1-8-7-10-5-3-4-6-11(10)9(8)2;;;;;;/h12-13H,1-11H2;3-7H,1-2H3;2*1H3;2*1H;1H3;/q-1;;;;;;;+3/p-2. The summed E-state index contributed by atoms with van der Waals surface area (Å²) in [6.07, 6.45) is 14.6. The van der Waals surface area contributed by atoms with Crippen molar-refractivity contribution in [2.24, 2.45) is 0 Å². The van der Waals surface area contributed by atoms with Crippen LogP contribution >= 0.6 is 18.6 Å². The Morgan fingerprint density at radius 2 is 1.30 bits per heavy atom. The van der Waals surface area contributed by atoms with E-state index >= 15 is 0 Å². The van der Waals surface area contributed by atoms with E-state index in [1.54, 1.807) is 0 Å². The molecule has 2 aliphatic carbocycles. The van der Waals surface area contributed by atoms with E-state index < -0.39 is 10.1 Å². The van der Waals surface area contributed by atoms with E-state index in [2.05, 4.69) is 52.4 Å². The van der Waals surface area contributed by atoms with Gasteiger partial charge in [0.25, 0.3) is 0 Å². The minimum atomic E-state index is -5.07. The molecule has 30 heavy (non-hydrogen) atoms. The molecule has 0 heterocycles. The predicted molar refractivity (Wildman–Crippen MR) is 139 cm³/mol. The third kappa shape index (κ3) is 5.67. The molecule has 1 aromatic carbocycles. The number of benzene rings is 1. The monoisotopic (exact) mass is 504 g/mol. The van der Waals surface area contributed by atoms with Crippen LogP contribution in [-0.2, 0) is 10.1 Å². The van der Waals surface area contributed by atoms with Crippen LogP contribution < -0.4 is 3.80 Å². The Kier molecular flexibility index (Phi) is 6.47. The molecule has 0 amide bonds. The molecule has 0 saturated heterocycles. The number of hydrogen-bond donors (Lipinski definition) is 1. The second-order valence-electron chi connectivity index (χ2n) is 12.8. The van der Waals surface area contributed by atoms with Gasteiger partial charge < -0.3 is 0 Å². The van der Waals surface area contributed by atoms with Crippen LogP contribution in [0.4, 0.5) is 0 Å². The van der Waals surface area contributed by atoms with Gasteiger partial charge in [0, 0.05) is 0 Å². The maximum absolute atomic E-state index is 8.02. The summed E-state index contributed by atoms with van der Waals surface area (Å²) in [6, 6.07) is 9.21. The molecule has 1 atom stereocenters. The first kappa shape index (κ1) is 25.1. The van der Waals surface area contributed by atoms with Crippen molar-refractivity contribution >= 4 is 32.3 Å². The van der Waals surface area contributed by atoms with Crippen LogP contribution in [-0.4, -0.2) is 14.2 Å². The van der Waals surface area contributed by atoms with Gasteiger partial charge in [0.05, 0.1) is 0 Å². The molecule has 171 valence electrons. The quantitative estimate of drug-likeness (QED) is 0.409. The predicted octanol–water partition coefficient (Wildman–Crippen LogP) is 8.16. The first-order valence-corrected chi connectivity index (χ1v) is 27.2. The van der Waals surface area contributed by atoms with E-state index in [1.165, 1.54) is 92.9 Å². The third-order valence-electron chi connectivity index (χ3n) is 7.86. The number of fused-ring (bicyclic) bond motifs is 1. The van der Waals surface area contributed by atoms with Crippen molar-refractivity contribution in [3.05, 3.63) is 41.0 Å². The van der Waals surface area contributed by atoms with Crippen LogP contribution in [0, 0.1) is 0 Å². The summed E-state index contributed by atoms with van der Waals surface area (Å²) in [5.41, 5.74) is 5.42. The van der Waals surface area contributed by atoms with Gasteiger partial charge in [0.1, 0.15) is 0 Å². The molecule has 0 aliphatic heterocycles. The Hall–Kier alpha value is 0.431. The van der Waals surface area contributed by atoms with E-state index in [0.717, 1.165) is 8.11 Å². The topological polar surface area (TPSA) is 12.0 Å². The third-order valence-corrected chi connectivity index (χ3v) is 21.7. The van der Waals surface area contributed by atoms with E-state index in [-0.39, 0.29) is 4.22 Å². The number of nitrogens with one attached hydrogen (secondary N) is 1. The van der Waals surface area contributed by atoms with Gasteiger partial charge in [-0.3, -0.25) is 0 Å². The molecule has 1 fully saturated rings. The normalized spacial score (nSPS) is 26.6. The molecule has 1 aromatic rings. The van der Waals surface area contributed by atoms with Gasteiger partial charge >= 0.3 is 192 Å². The first-order valence-electron chi connectivity index (χ1n) is 12.4. The molecular weight excluding hydrogens is 461 g/mol. The molecule has 1 unspecified atom stereocenters. The summed E-state index contributed by atoms with van der Waals surface area (Å²) in [7, 11) is 11.7. The first-order chi connectivity index (χ1) is 13.7. The molecule has 0 aromatic heterocycles. The number of rotatable bonds is 3. The van der Waals surface area contributed by atoms with Gasteiger partial charge in [-0.1, -0.05) is 0 Å². The van der Waals surface area contributed by atoms with Gasteiger partial charge in [-0.2, -0.15) is 0 Å². The zero-order valence-electron chi connectivity index (χ0n) is 20.0. The summed E-state index contributed by atoms with van der Waals surface area (Å²) >= 11 is 0. The van der Waals surface area contributed by atoms with E-state index in [4.69, 9.17) is 18.6 Å². The Morgan fingerprint density at radius 3 is 1.83 bits per heavy atom. The molecular formula is C25H44Cl2NSiTi. The van der Waals surface area contributed by atoms with Crippen molar-refractivity contribution in [1.29, 1.82) is 0 Å². The fraction of sp³-hybridized carbons (Fsp3) is 0.680. The van der Waals surface area contributed by atoms with Gasteiger partial charge in [-0.05, 0) is 0 Å². The average Bonchev–Trinajstić information content (AvgIpc) is 2.89. The minimum absolute atomic E-state index is 0.107. The van der Waals surface area contributed by atoms with Crippen molar-refractivity contribution < 1.29 is 10.1 Å². The molecule has 1 N–H and O–H groups in total. The van der Waals surface area contributed by atoms with Gasteiger partial charge in [-0.25, -0.2) is 0 Å². The zero-order chi connectivity index (χ0) is 22.2. The second-order valence-corrected chi connectivity index (χ2v) is 66.5. The fourth-order valence-electron chi connectivity index (χ4n) is 6.61. The van der Waals surface area contributed by atoms with E-state index in [0.29, 0.717) is 6.04 Å². The van der Waals surface area contributed by atoms with Crippen molar-refractivity contribution in [3.63, 3.8) is 0 Å². The Bertz CT molecular complexity index is 821. The SMILES string of the molecule is CC1=C(C)[CH]([Ti]([CH3])([CH3])([SiH3])([Cl])([Cl])[NH]C2CCCCCCCCCCC2)c2ccccc21. The molecule has 0 spiro atoms. The molecule has 3 rings (SSSR count).